The molecule has 19 heavy (non-hydrogen) atoms. The van der Waals surface area contributed by atoms with Gasteiger partial charge in [0, 0.05) is 39.6 Å². The second-order valence-electron chi connectivity index (χ2n) is 4.54. The second-order valence-corrected chi connectivity index (χ2v) is 4.54. The highest BCUT2D eigenvalue weighted by molar-refractivity contribution is 5.60. The number of rotatable bonds is 4. The van der Waals surface area contributed by atoms with Gasteiger partial charge >= 0.3 is 0 Å². The monoisotopic (exact) mass is 257 g/mol. The van der Waals surface area contributed by atoms with E-state index in [0.29, 0.717) is 12.5 Å². The molecule has 1 heterocycles. The normalized spacial score (nSPS) is 10.3. The SMILES string of the molecule is CN(C)c1nccc(N(C)c2cccc(CN)c2)n1. The highest BCUT2D eigenvalue weighted by Gasteiger charge is 2.08. The van der Waals surface area contributed by atoms with Gasteiger partial charge in [-0.3, -0.25) is 0 Å². The summed E-state index contributed by atoms with van der Waals surface area (Å²) < 4.78 is 0. The summed E-state index contributed by atoms with van der Waals surface area (Å²) in [6, 6.07) is 10.0. The van der Waals surface area contributed by atoms with Gasteiger partial charge in [0.1, 0.15) is 5.82 Å². The Hall–Kier alpha value is -2.14. The summed E-state index contributed by atoms with van der Waals surface area (Å²) in [6.45, 7) is 0.536. The fourth-order valence-corrected chi connectivity index (χ4v) is 1.77. The van der Waals surface area contributed by atoms with Crippen LogP contribution in [0.5, 0.6) is 0 Å². The first-order chi connectivity index (χ1) is 9.11. The van der Waals surface area contributed by atoms with Crippen LogP contribution in [0, 0.1) is 0 Å². The van der Waals surface area contributed by atoms with Gasteiger partial charge in [-0.25, -0.2) is 4.98 Å². The Kier molecular flexibility index (Phi) is 3.97. The number of hydrogen-bond donors (Lipinski definition) is 1. The third kappa shape index (κ3) is 3.00. The first-order valence-electron chi connectivity index (χ1n) is 6.15. The van der Waals surface area contributed by atoms with Crippen LogP contribution in [-0.2, 0) is 6.54 Å². The maximum atomic E-state index is 5.67. The van der Waals surface area contributed by atoms with Gasteiger partial charge in [0.2, 0.25) is 5.95 Å². The molecule has 0 radical (unpaired) electrons. The van der Waals surface area contributed by atoms with E-state index in [9.17, 15) is 0 Å². The Balaban J connectivity index is 2.32. The van der Waals surface area contributed by atoms with Crippen LogP contribution in [-0.4, -0.2) is 31.1 Å². The van der Waals surface area contributed by atoms with Crippen molar-refractivity contribution in [1.29, 1.82) is 0 Å². The molecule has 0 aliphatic carbocycles. The van der Waals surface area contributed by atoms with Crippen molar-refractivity contribution in [3.63, 3.8) is 0 Å². The molecular formula is C14H19N5. The van der Waals surface area contributed by atoms with E-state index in [0.717, 1.165) is 17.1 Å². The predicted molar refractivity (Wildman–Crippen MR) is 78.8 cm³/mol. The molecule has 100 valence electrons. The van der Waals surface area contributed by atoms with Crippen LogP contribution in [0.2, 0.25) is 0 Å². The molecule has 5 nitrogen and oxygen atoms in total. The Morgan fingerprint density at radius 3 is 2.63 bits per heavy atom. The molecular weight excluding hydrogens is 238 g/mol. The standard InChI is InChI=1S/C14H19N5/c1-18(2)14-16-8-7-13(17-14)19(3)12-6-4-5-11(9-12)10-15/h4-9H,10,15H2,1-3H3. The van der Waals surface area contributed by atoms with Crippen molar-refractivity contribution in [1.82, 2.24) is 9.97 Å². The summed E-state index contributed by atoms with van der Waals surface area (Å²) in [5.74, 6) is 1.55. The zero-order valence-electron chi connectivity index (χ0n) is 11.5. The molecule has 0 bridgehead atoms. The van der Waals surface area contributed by atoms with Crippen LogP contribution >= 0.6 is 0 Å². The average Bonchev–Trinajstić information content (AvgIpc) is 2.46. The van der Waals surface area contributed by atoms with Gasteiger partial charge in [0.05, 0.1) is 0 Å². The highest BCUT2D eigenvalue weighted by atomic mass is 15.3. The van der Waals surface area contributed by atoms with Crippen molar-refractivity contribution in [2.75, 3.05) is 30.9 Å². The highest BCUT2D eigenvalue weighted by Crippen LogP contribution is 2.23. The molecule has 0 amide bonds. The number of hydrogen-bond acceptors (Lipinski definition) is 5. The smallest absolute Gasteiger partial charge is 0.226 e. The van der Waals surface area contributed by atoms with Gasteiger partial charge in [-0.05, 0) is 23.8 Å². The van der Waals surface area contributed by atoms with Gasteiger partial charge in [-0.1, -0.05) is 12.1 Å². The van der Waals surface area contributed by atoms with Crippen molar-refractivity contribution in [3.8, 4) is 0 Å². The molecule has 0 spiro atoms. The lowest BCUT2D eigenvalue weighted by molar-refractivity contribution is 0.980. The van der Waals surface area contributed by atoms with Gasteiger partial charge in [-0.2, -0.15) is 4.98 Å². The first kappa shape index (κ1) is 13.3. The minimum Gasteiger partial charge on any atom is -0.347 e. The Bertz CT molecular complexity index is 553. The Labute approximate surface area is 113 Å². The summed E-state index contributed by atoms with van der Waals surface area (Å²) >= 11 is 0. The lowest BCUT2D eigenvalue weighted by Gasteiger charge is -2.20. The van der Waals surface area contributed by atoms with Gasteiger partial charge in [-0.15, -0.1) is 0 Å². The van der Waals surface area contributed by atoms with Crippen molar-refractivity contribution < 1.29 is 0 Å². The Morgan fingerprint density at radius 2 is 1.95 bits per heavy atom. The van der Waals surface area contributed by atoms with E-state index in [1.54, 1.807) is 6.20 Å². The maximum Gasteiger partial charge on any atom is 0.226 e. The minimum atomic E-state index is 0.536. The first-order valence-corrected chi connectivity index (χ1v) is 6.15. The van der Waals surface area contributed by atoms with E-state index in [2.05, 4.69) is 16.0 Å². The van der Waals surface area contributed by atoms with Crippen LogP contribution in [0.1, 0.15) is 5.56 Å². The summed E-state index contributed by atoms with van der Waals surface area (Å²) in [7, 11) is 5.83. The number of anilines is 3. The molecule has 0 saturated heterocycles. The van der Waals surface area contributed by atoms with Crippen molar-refractivity contribution in [2.24, 2.45) is 5.73 Å². The van der Waals surface area contributed by atoms with Gasteiger partial charge in [0.15, 0.2) is 0 Å². The lowest BCUT2D eigenvalue weighted by atomic mass is 10.2. The molecule has 1 aromatic carbocycles. The fraction of sp³-hybridized carbons (Fsp3) is 0.286. The predicted octanol–water partition coefficient (Wildman–Crippen LogP) is 1.77. The topological polar surface area (TPSA) is 58.3 Å². The third-order valence-electron chi connectivity index (χ3n) is 2.91. The summed E-state index contributed by atoms with van der Waals surface area (Å²) in [6.07, 6.45) is 1.76. The summed E-state index contributed by atoms with van der Waals surface area (Å²) in [5.41, 5.74) is 7.84. The van der Waals surface area contributed by atoms with Crippen molar-refractivity contribution in [2.45, 2.75) is 6.54 Å². The third-order valence-corrected chi connectivity index (χ3v) is 2.91. The average molecular weight is 257 g/mol. The zero-order valence-corrected chi connectivity index (χ0v) is 11.5. The van der Waals surface area contributed by atoms with E-state index in [1.165, 1.54) is 0 Å². The molecule has 1 aromatic heterocycles. The molecule has 0 fully saturated rings. The van der Waals surface area contributed by atoms with E-state index in [4.69, 9.17) is 5.73 Å². The van der Waals surface area contributed by atoms with Crippen LogP contribution in [0.15, 0.2) is 36.5 Å². The van der Waals surface area contributed by atoms with E-state index in [-0.39, 0.29) is 0 Å². The van der Waals surface area contributed by atoms with Crippen LogP contribution < -0.4 is 15.5 Å². The van der Waals surface area contributed by atoms with Gasteiger partial charge in [0.25, 0.3) is 0 Å². The van der Waals surface area contributed by atoms with Crippen LogP contribution in [0.3, 0.4) is 0 Å². The number of benzene rings is 1. The molecule has 0 unspecified atom stereocenters. The van der Waals surface area contributed by atoms with Crippen LogP contribution in [0.4, 0.5) is 17.5 Å². The molecule has 5 heteroatoms. The zero-order chi connectivity index (χ0) is 13.8. The molecule has 0 atom stereocenters. The molecule has 0 aliphatic rings. The minimum absolute atomic E-state index is 0.536. The van der Waals surface area contributed by atoms with E-state index < -0.39 is 0 Å². The van der Waals surface area contributed by atoms with E-state index in [1.807, 2.05) is 55.2 Å². The second kappa shape index (κ2) is 5.67. The molecule has 2 rings (SSSR count). The summed E-state index contributed by atoms with van der Waals surface area (Å²) in [5, 5.41) is 0. The Morgan fingerprint density at radius 1 is 1.16 bits per heavy atom. The molecule has 2 N–H and O–H groups in total. The van der Waals surface area contributed by atoms with Crippen LogP contribution in [0.25, 0.3) is 0 Å². The van der Waals surface area contributed by atoms with Crippen molar-refractivity contribution >= 4 is 17.5 Å². The fourth-order valence-electron chi connectivity index (χ4n) is 1.77. The molecule has 2 aromatic rings. The number of aromatic nitrogens is 2. The summed E-state index contributed by atoms with van der Waals surface area (Å²) in [4.78, 5) is 12.6. The number of nitrogens with zero attached hydrogens (tertiary/aromatic N) is 4. The lowest BCUT2D eigenvalue weighted by Crippen LogP contribution is -2.16. The molecule has 0 aliphatic heterocycles. The molecule has 0 saturated carbocycles. The van der Waals surface area contributed by atoms with Gasteiger partial charge < -0.3 is 15.5 Å². The quantitative estimate of drug-likeness (QED) is 0.904. The maximum absolute atomic E-state index is 5.67. The number of nitrogens with two attached hydrogens (primary N) is 1. The van der Waals surface area contributed by atoms with E-state index >= 15 is 0 Å². The van der Waals surface area contributed by atoms with Crippen molar-refractivity contribution in [3.05, 3.63) is 42.1 Å². The largest absolute Gasteiger partial charge is 0.347 e.